The molecule has 0 aromatic carbocycles. The SMILES string of the molecule is [B][B]P[B]. The van der Waals surface area contributed by atoms with Crippen LogP contribution in [0.2, 0.25) is 0 Å². The molecule has 4 heteroatoms. The van der Waals surface area contributed by atoms with Crippen molar-refractivity contribution < 1.29 is 0 Å². The number of rotatable bonds is 1. The maximum atomic E-state index is 4.88. The lowest BCUT2D eigenvalue weighted by molar-refractivity contribution is 4.43. The standard InChI is InChI=1S/B3HP/c1-3-4-2/h4H. The summed E-state index contributed by atoms with van der Waals surface area (Å²) in [4.78, 5) is 0. The molecule has 0 aromatic rings. The quantitative estimate of drug-likeness (QED) is 0.284. The van der Waals surface area contributed by atoms with Gasteiger partial charge in [0.15, 0.2) is 0 Å². The first-order valence-electron chi connectivity index (χ1n) is 0.911. The number of hydrogen-bond acceptors (Lipinski definition) is 0. The van der Waals surface area contributed by atoms with E-state index in [1.165, 1.54) is 6.89 Å². The molecule has 0 nitrogen and oxygen atoms in total. The van der Waals surface area contributed by atoms with Gasteiger partial charge in [-0.15, -0.1) is 0 Å². The lowest BCUT2D eigenvalue weighted by atomic mass is 9.79. The van der Waals surface area contributed by atoms with E-state index in [1.807, 2.05) is 0 Å². The van der Waals surface area contributed by atoms with Crippen LogP contribution in [0.3, 0.4) is 0 Å². The van der Waals surface area contributed by atoms with E-state index in [9.17, 15) is 0 Å². The second-order valence-corrected chi connectivity index (χ2v) is 1.00. The van der Waals surface area contributed by atoms with Gasteiger partial charge >= 0.3 is 0 Å². The largest absolute Gasteiger partial charge is 0.218 e. The predicted molar refractivity (Wildman–Crippen MR) is 25.6 cm³/mol. The van der Waals surface area contributed by atoms with Gasteiger partial charge in [0, 0.05) is 7.74 Å². The molecule has 1 unspecified atom stereocenters. The van der Waals surface area contributed by atoms with Crippen LogP contribution in [0.1, 0.15) is 0 Å². The molecular formula is HB3P. The summed E-state index contributed by atoms with van der Waals surface area (Å²) in [6, 6.07) is 0. The second kappa shape index (κ2) is 3.62. The van der Waals surface area contributed by atoms with Gasteiger partial charge in [0.2, 0.25) is 0 Å². The minimum Gasteiger partial charge on any atom is -0.218 e. The van der Waals surface area contributed by atoms with Crippen molar-refractivity contribution in [1.29, 1.82) is 0 Å². The van der Waals surface area contributed by atoms with Gasteiger partial charge in [0.05, 0.1) is 14.5 Å². The zero-order chi connectivity index (χ0) is 3.41. The van der Waals surface area contributed by atoms with Gasteiger partial charge in [-0.2, -0.15) is 0 Å². The maximum absolute atomic E-state index is 4.88. The average molecular weight is 64.4 g/mol. The van der Waals surface area contributed by atoms with Gasteiger partial charge in [0.25, 0.3) is 0 Å². The first kappa shape index (κ1) is 4.62. The van der Waals surface area contributed by atoms with Crippen molar-refractivity contribution in [2.75, 3.05) is 0 Å². The van der Waals surface area contributed by atoms with Crippen LogP contribution >= 0.6 is 8.34 Å². The van der Waals surface area contributed by atoms with Crippen LogP contribution < -0.4 is 0 Å². The third-order valence-electron chi connectivity index (χ3n) is 0.0962. The first-order valence-corrected chi connectivity index (χ1v) is 2.07. The van der Waals surface area contributed by atoms with Crippen LogP contribution in [0.25, 0.3) is 0 Å². The molecule has 0 saturated carbocycles. The third-order valence-corrected chi connectivity index (χ3v) is 0.289. The molecule has 0 aliphatic rings. The maximum Gasteiger partial charge on any atom is 0.0903 e. The van der Waals surface area contributed by atoms with Crippen LogP contribution in [-0.2, 0) is 0 Å². The van der Waals surface area contributed by atoms with Crippen LogP contribution in [0.4, 0.5) is 0 Å². The molecule has 4 heavy (non-hydrogen) atoms. The van der Waals surface area contributed by atoms with E-state index in [0.717, 1.165) is 0 Å². The minimum absolute atomic E-state index is 0.293. The monoisotopic (exact) mass is 65.0 g/mol. The normalized spacial score (nSPS) is 9.00. The van der Waals surface area contributed by atoms with Gasteiger partial charge in [-0.25, -0.2) is 8.34 Å². The molecule has 0 aliphatic carbocycles. The van der Waals surface area contributed by atoms with E-state index in [0.29, 0.717) is 8.34 Å². The summed E-state index contributed by atoms with van der Waals surface area (Å²) in [7, 11) is 9.96. The van der Waals surface area contributed by atoms with Crippen molar-refractivity contribution in [1.82, 2.24) is 0 Å². The summed E-state index contributed by atoms with van der Waals surface area (Å²) < 4.78 is 0. The van der Waals surface area contributed by atoms with Crippen molar-refractivity contribution in [2.45, 2.75) is 0 Å². The highest BCUT2D eigenvalue weighted by atomic mass is 31.1. The first-order chi connectivity index (χ1) is 1.91. The third kappa shape index (κ3) is 2.62. The fourth-order valence-electron chi connectivity index (χ4n) is 0. The molecule has 0 saturated heterocycles. The lowest BCUT2D eigenvalue weighted by Crippen LogP contribution is -1.70. The smallest absolute Gasteiger partial charge is 0.0903 e. The van der Waals surface area contributed by atoms with Crippen molar-refractivity contribution >= 4 is 30.5 Å². The van der Waals surface area contributed by atoms with E-state index in [2.05, 4.69) is 0 Å². The van der Waals surface area contributed by atoms with Crippen molar-refractivity contribution in [2.24, 2.45) is 0 Å². The van der Waals surface area contributed by atoms with Gasteiger partial charge in [-0.05, 0) is 0 Å². The summed E-state index contributed by atoms with van der Waals surface area (Å²) >= 11 is 0. The highest BCUT2D eigenvalue weighted by Gasteiger charge is 1.59. The van der Waals surface area contributed by atoms with Crippen LogP contribution in [0.15, 0.2) is 0 Å². The van der Waals surface area contributed by atoms with Gasteiger partial charge in [-0.3, -0.25) is 0 Å². The van der Waals surface area contributed by atoms with Gasteiger partial charge in [-0.1, -0.05) is 0 Å². The minimum atomic E-state index is 0.293. The van der Waals surface area contributed by atoms with Gasteiger partial charge in [0.1, 0.15) is 0 Å². The van der Waals surface area contributed by atoms with Crippen molar-refractivity contribution in [3.8, 4) is 0 Å². The summed E-state index contributed by atoms with van der Waals surface area (Å²) in [6.45, 7) is 1.43. The van der Waals surface area contributed by atoms with Crippen molar-refractivity contribution in [3.05, 3.63) is 0 Å². The molecular weight excluding hydrogens is 63.4 g/mol. The Bertz CT molecular complexity index is 5.25. The Morgan fingerprint density at radius 1 is 1.75 bits per heavy atom. The Kier molecular flexibility index (Phi) is 4.19. The van der Waals surface area contributed by atoms with E-state index in [-0.39, 0.29) is 0 Å². The highest BCUT2D eigenvalue weighted by Crippen LogP contribution is 1.86. The Morgan fingerprint density at radius 2 is 2.00 bits per heavy atom. The molecule has 5 radical (unpaired) electrons. The lowest BCUT2D eigenvalue weighted by Gasteiger charge is -1.66. The highest BCUT2D eigenvalue weighted by molar-refractivity contribution is 7.95. The van der Waals surface area contributed by atoms with E-state index >= 15 is 0 Å². The zero-order valence-electron chi connectivity index (χ0n) is 2.23. The van der Waals surface area contributed by atoms with Gasteiger partial charge < -0.3 is 0 Å². The molecule has 0 fully saturated rings. The Balaban J connectivity index is 1.97. The van der Waals surface area contributed by atoms with Crippen LogP contribution in [-0.4, -0.2) is 22.2 Å². The van der Waals surface area contributed by atoms with E-state index in [4.69, 9.17) is 15.3 Å². The van der Waals surface area contributed by atoms with Crippen LogP contribution in [0.5, 0.6) is 0 Å². The molecule has 1 atom stereocenters. The van der Waals surface area contributed by atoms with E-state index < -0.39 is 0 Å². The fourth-order valence-corrected chi connectivity index (χ4v) is 0. The van der Waals surface area contributed by atoms with Crippen LogP contribution in [0, 0.1) is 0 Å². The molecule has 0 aromatic heterocycles. The van der Waals surface area contributed by atoms with E-state index in [1.54, 1.807) is 0 Å². The molecule has 0 bridgehead atoms. The molecule has 0 amide bonds. The zero-order valence-corrected chi connectivity index (χ0v) is 3.23. The molecule has 0 heterocycles. The molecule has 15 valence electrons. The Morgan fingerprint density at radius 3 is 2.00 bits per heavy atom. The summed E-state index contributed by atoms with van der Waals surface area (Å²) in [5.74, 6) is 0. The number of hydrogen-bond donors (Lipinski definition) is 0. The molecule has 0 N–H and O–H groups in total. The average Bonchev–Trinajstić information content (AvgIpc) is 1.37. The topological polar surface area (TPSA) is 0 Å². The molecule has 0 spiro atoms. The van der Waals surface area contributed by atoms with Crippen molar-refractivity contribution in [3.63, 3.8) is 0 Å². The fraction of sp³-hybridized carbons (Fsp3) is 0. The Hall–Kier alpha value is 0.625. The summed E-state index contributed by atoms with van der Waals surface area (Å²) in [5, 5.41) is 0. The predicted octanol–water partition coefficient (Wildman–Crippen LogP) is -0.549. The summed E-state index contributed by atoms with van der Waals surface area (Å²) in [6.07, 6.45) is 0. The molecule has 0 rings (SSSR count). The molecule has 0 aliphatic heterocycles. The Labute approximate surface area is 31.5 Å². The second-order valence-electron chi connectivity index (χ2n) is 0.333. The summed E-state index contributed by atoms with van der Waals surface area (Å²) in [5.41, 5.74) is 0.